The molecule has 4 aliphatic rings. The van der Waals surface area contributed by atoms with Crippen molar-refractivity contribution in [3.05, 3.63) is 18.2 Å². The van der Waals surface area contributed by atoms with E-state index in [0.717, 1.165) is 44.9 Å². The maximum Gasteiger partial charge on any atom is 0.253 e. The van der Waals surface area contributed by atoms with Crippen molar-refractivity contribution in [1.82, 2.24) is 20.2 Å². The van der Waals surface area contributed by atoms with E-state index in [0.29, 0.717) is 12.8 Å². The number of alkyl halides is 2. The highest BCUT2D eigenvalue weighted by Crippen LogP contribution is 2.52. The number of nitrogens with zero attached hydrogens (tertiary/aromatic N) is 2. The van der Waals surface area contributed by atoms with Gasteiger partial charge in [-0.1, -0.05) is 53.4 Å². The summed E-state index contributed by atoms with van der Waals surface area (Å²) in [5.74, 6) is -9.36. The molecule has 0 radical (unpaired) electrons. The summed E-state index contributed by atoms with van der Waals surface area (Å²) in [5.41, 5.74) is -0.876. The van der Waals surface area contributed by atoms with Gasteiger partial charge in [0.25, 0.3) is 5.92 Å². The summed E-state index contributed by atoms with van der Waals surface area (Å²) in [5, 5.41) is 2.94. The molecule has 276 valence electrons. The second-order valence-electron chi connectivity index (χ2n) is 16.5. The molecule has 12 heteroatoms. The van der Waals surface area contributed by atoms with Gasteiger partial charge in [-0.3, -0.25) is 28.8 Å². The first kappa shape index (κ1) is 37.9. The van der Waals surface area contributed by atoms with Crippen LogP contribution < -0.4 is 5.32 Å². The molecule has 1 unspecified atom stereocenters. The highest BCUT2D eigenvalue weighted by Gasteiger charge is 2.61. The van der Waals surface area contributed by atoms with Gasteiger partial charge in [-0.05, 0) is 61.7 Å². The Labute approximate surface area is 293 Å². The van der Waals surface area contributed by atoms with E-state index in [1.165, 1.54) is 17.3 Å². The highest BCUT2D eigenvalue weighted by molar-refractivity contribution is 6.38. The molecule has 0 bridgehead atoms. The first-order valence-electron chi connectivity index (χ1n) is 18.7. The smallest absolute Gasteiger partial charge is 0.253 e. The molecule has 2 heterocycles. The maximum atomic E-state index is 15.3. The number of halogens is 2. The average Bonchev–Trinajstić information content (AvgIpc) is 3.43. The van der Waals surface area contributed by atoms with E-state index < -0.39 is 82.7 Å². The molecule has 2 amide bonds. The Morgan fingerprint density at radius 3 is 2.32 bits per heavy atom. The van der Waals surface area contributed by atoms with Crippen LogP contribution >= 0.6 is 0 Å². The average molecular weight is 701 g/mol. The van der Waals surface area contributed by atoms with Gasteiger partial charge in [-0.2, -0.15) is 0 Å². The van der Waals surface area contributed by atoms with Crippen LogP contribution in [0.25, 0.3) is 0 Å². The fourth-order valence-corrected chi connectivity index (χ4v) is 8.64. The second kappa shape index (κ2) is 15.5. The Bertz CT molecular complexity index is 1430. The van der Waals surface area contributed by atoms with E-state index in [2.05, 4.69) is 15.3 Å². The van der Waals surface area contributed by atoms with Crippen molar-refractivity contribution >= 4 is 34.9 Å². The van der Waals surface area contributed by atoms with Crippen molar-refractivity contribution in [1.29, 1.82) is 0 Å². The fourth-order valence-electron chi connectivity index (χ4n) is 8.64. The zero-order chi connectivity index (χ0) is 36.4. The number of aromatic amines is 1. The monoisotopic (exact) mass is 700 g/mol. The van der Waals surface area contributed by atoms with Crippen LogP contribution in [0, 0.1) is 40.9 Å². The molecule has 0 spiro atoms. The molecule has 6 atom stereocenters. The number of fused-ring (bicyclic) bond motifs is 1. The molecule has 2 N–H and O–H groups in total. The van der Waals surface area contributed by atoms with Gasteiger partial charge in [-0.25, -0.2) is 13.8 Å². The molecular weight excluding hydrogens is 646 g/mol. The van der Waals surface area contributed by atoms with Crippen LogP contribution in [0.5, 0.6) is 0 Å². The Kier molecular flexibility index (Phi) is 11.8. The standard InChI is InChI=1S/C38H54F2N4O6/c1-5-9-24(32(48)29(46)18-22-12-13-22)19-28(45)31-25-14-15-38(39,40)27(25)21-44(31)36(50)33(37(2,3)4)43-35(49)26(23-10-7-6-8-11-23)20-30(47)34-41-16-17-42-34/h16-17,22-27,31,33H,5-15,18-21H2,1-4H3,(H,41,42)(H,43,49)/t24-,25+,26+,27?,31+,33-/m1/s1. The van der Waals surface area contributed by atoms with Gasteiger partial charge >= 0.3 is 0 Å². The number of likely N-dealkylation sites (tertiary alicyclic amines) is 1. The van der Waals surface area contributed by atoms with Crippen molar-refractivity contribution in [3.8, 4) is 0 Å². The SMILES string of the molecule is CCC[C@H](CC(=O)[C@@H]1[C@H]2CCC(F)(F)C2CN1C(=O)[C@@H](NC(=O)[C@@H](CC(=O)c1ncc[nH]1)C1CCCCC1)C(C)(C)C)C(=O)C(=O)CC1CC1. The Morgan fingerprint density at radius 1 is 1.02 bits per heavy atom. The number of aromatic nitrogens is 2. The van der Waals surface area contributed by atoms with Gasteiger partial charge < -0.3 is 15.2 Å². The van der Waals surface area contributed by atoms with Gasteiger partial charge in [-0.15, -0.1) is 0 Å². The lowest BCUT2D eigenvalue weighted by atomic mass is 9.76. The molecule has 1 aliphatic heterocycles. The lowest BCUT2D eigenvalue weighted by Gasteiger charge is -2.38. The van der Waals surface area contributed by atoms with Crippen LogP contribution in [-0.4, -0.2) is 74.4 Å². The van der Waals surface area contributed by atoms with Crippen molar-refractivity contribution in [3.63, 3.8) is 0 Å². The van der Waals surface area contributed by atoms with E-state index in [1.807, 2.05) is 6.92 Å². The van der Waals surface area contributed by atoms with E-state index in [1.54, 1.807) is 20.8 Å². The summed E-state index contributed by atoms with van der Waals surface area (Å²) < 4.78 is 30.5. The predicted molar refractivity (Wildman–Crippen MR) is 181 cm³/mol. The zero-order valence-electron chi connectivity index (χ0n) is 30.0. The minimum absolute atomic E-state index is 0.0516. The largest absolute Gasteiger partial charge is 0.344 e. The molecule has 50 heavy (non-hydrogen) atoms. The number of amides is 2. The number of carbonyl (C=O) groups excluding carboxylic acids is 6. The number of carbonyl (C=O) groups is 6. The van der Waals surface area contributed by atoms with Crippen LogP contribution in [0.3, 0.4) is 0 Å². The summed E-state index contributed by atoms with van der Waals surface area (Å²) >= 11 is 0. The van der Waals surface area contributed by atoms with E-state index in [9.17, 15) is 28.8 Å². The van der Waals surface area contributed by atoms with Gasteiger partial charge in [0, 0.05) is 62.4 Å². The van der Waals surface area contributed by atoms with Gasteiger partial charge in [0.05, 0.1) is 6.04 Å². The molecule has 1 saturated heterocycles. The summed E-state index contributed by atoms with van der Waals surface area (Å²) in [7, 11) is 0. The van der Waals surface area contributed by atoms with Crippen molar-refractivity contribution in [2.24, 2.45) is 40.9 Å². The van der Waals surface area contributed by atoms with Crippen molar-refractivity contribution < 1.29 is 37.5 Å². The lowest BCUT2D eigenvalue weighted by molar-refractivity contribution is -0.146. The third-order valence-electron chi connectivity index (χ3n) is 11.6. The first-order valence-corrected chi connectivity index (χ1v) is 18.7. The van der Waals surface area contributed by atoms with Gasteiger partial charge in [0.1, 0.15) is 6.04 Å². The normalized spacial score (nSPS) is 25.4. The summed E-state index contributed by atoms with van der Waals surface area (Å²) in [4.78, 5) is 90.1. The summed E-state index contributed by atoms with van der Waals surface area (Å²) in [6.07, 6.45) is 9.53. The first-order chi connectivity index (χ1) is 23.6. The third-order valence-corrected chi connectivity index (χ3v) is 11.6. The van der Waals surface area contributed by atoms with Crippen molar-refractivity contribution in [2.45, 2.75) is 136 Å². The van der Waals surface area contributed by atoms with E-state index in [4.69, 9.17) is 0 Å². The number of hydrogen-bond acceptors (Lipinski definition) is 7. The fraction of sp³-hybridized carbons (Fsp3) is 0.763. The van der Waals surface area contributed by atoms with Crippen LogP contribution in [0.2, 0.25) is 0 Å². The minimum Gasteiger partial charge on any atom is -0.344 e. The van der Waals surface area contributed by atoms with Crippen LogP contribution in [0.4, 0.5) is 8.78 Å². The molecule has 0 aromatic carbocycles. The molecule has 1 aromatic heterocycles. The maximum absolute atomic E-state index is 15.3. The number of Topliss-reactive ketones (excluding diaryl/α,β-unsaturated/α-hetero) is 4. The number of ketones is 4. The van der Waals surface area contributed by atoms with E-state index in [-0.39, 0.29) is 55.7 Å². The third kappa shape index (κ3) is 8.58. The van der Waals surface area contributed by atoms with Gasteiger partial charge in [0.2, 0.25) is 17.6 Å². The Balaban J connectivity index is 1.39. The molecule has 3 aliphatic carbocycles. The van der Waals surface area contributed by atoms with Crippen molar-refractivity contribution in [2.75, 3.05) is 6.54 Å². The zero-order valence-corrected chi connectivity index (χ0v) is 30.0. The van der Waals surface area contributed by atoms with Crippen LogP contribution in [-0.2, 0) is 24.0 Å². The lowest BCUT2D eigenvalue weighted by Crippen LogP contribution is -2.58. The minimum atomic E-state index is -3.07. The number of H-pyrrole nitrogens is 1. The molecule has 3 saturated carbocycles. The molecule has 1 aromatic rings. The summed E-state index contributed by atoms with van der Waals surface area (Å²) in [6, 6.07) is -2.36. The topological polar surface area (TPSA) is 146 Å². The highest BCUT2D eigenvalue weighted by atomic mass is 19.3. The van der Waals surface area contributed by atoms with Crippen LogP contribution in [0.15, 0.2) is 12.4 Å². The Hall–Kier alpha value is -3.31. The summed E-state index contributed by atoms with van der Waals surface area (Å²) in [6.45, 7) is 6.81. The molecule has 5 rings (SSSR count). The second-order valence-corrected chi connectivity index (χ2v) is 16.5. The molecule has 4 fully saturated rings. The molecular formula is C38H54F2N4O6. The molecule has 10 nitrogen and oxygen atoms in total. The van der Waals surface area contributed by atoms with Crippen LogP contribution in [0.1, 0.15) is 128 Å². The number of nitrogens with one attached hydrogen (secondary N) is 2. The Morgan fingerprint density at radius 2 is 1.72 bits per heavy atom. The van der Waals surface area contributed by atoms with Gasteiger partial charge in [0.15, 0.2) is 23.2 Å². The quantitative estimate of drug-likeness (QED) is 0.161. The number of hydrogen-bond donors (Lipinski definition) is 2. The number of rotatable bonds is 16. The number of imidazole rings is 1. The predicted octanol–water partition coefficient (Wildman–Crippen LogP) is 5.90. The van der Waals surface area contributed by atoms with E-state index >= 15 is 8.78 Å².